The maximum atomic E-state index is 12.7. The molecule has 8 N–H and O–H groups in total. The van der Waals surface area contributed by atoms with Crippen LogP contribution in [0.2, 0.25) is 0 Å². The van der Waals surface area contributed by atoms with E-state index in [0.717, 1.165) is 0 Å². The van der Waals surface area contributed by atoms with Crippen molar-refractivity contribution in [2.75, 3.05) is 26.8 Å². The molecular weight excluding hydrogens is 380 g/mol. The van der Waals surface area contributed by atoms with E-state index in [0.29, 0.717) is 19.4 Å². The molecule has 1 aliphatic rings. The zero-order valence-electron chi connectivity index (χ0n) is 17.5. The Morgan fingerprint density at radius 1 is 1.21 bits per heavy atom. The molecule has 0 aliphatic carbocycles. The number of Topliss-reactive ketones (excluding diaryl/α,β-unsaturated/α-hetero) is 1. The molecule has 2 amide bonds. The molecule has 0 unspecified atom stereocenters. The van der Waals surface area contributed by atoms with Crippen molar-refractivity contribution in [3.63, 3.8) is 0 Å². The number of ether oxygens (including phenoxy) is 1. The van der Waals surface area contributed by atoms with Crippen LogP contribution in [0.4, 0.5) is 0 Å². The smallest absolute Gasteiger partial charge is 0.245 e. The van der Waals surface area contributed by atoms with E-state index in [-0.39, 0.29) is 24.3 Å². The first-order chi connectivity index (χ1) is 13.6. The third-order valence-electron chi connectivity index (χ3n) is 4.79. The summed E-state index contributed by atoms with van der Waals surface area (Å²) in [6.45, 7) is 5.40. The number of epoxide rings is 1. The quantitative estimate of drug-likeness (QED) is 0.0767. The maximum Gasteiger partial charge on any atom is 0.245 e. The van der Waals surface area contributed by atoms with Crippen LogP contribution in [0.3, 0.4) is 0 Å². The van der Waals surface area contributed by atoms with Crippen molar-refractivity contribution in [3.8, 4) is 0 Å². The summed E-state index contributed by atoms with van der Waals surface area (Å²) < 4.78 is 5.19. The van der Waals surface area contributed by atoms with Gasteiger partial charge in [0.05, 0.1) is 25.3 Å². The van der Waals surface area contributed by atoms with Gasteiger partial charge < -0.3 is 36.8 Å². The van der Waals surface area contributed by atoms with E-state index < -0.39 is 42.1 Å². The highest BCUT2D eigenvalue weighted by molar-refractivity contribution is 5.98. The zero-order chi connectivity index (χ0) is 22.2. The highest BCUT2D eigenvalue weighted by atomic mass is 16.6. The van der Waals surface area contributed by atoms with Crippen molar-refractivity contribution < 1.29 is 24.2 Å². The normalized spacial score (nSPS) is 21.0. The molecule has 0 aromatic carbocycles. The van der Waals surface area contributed by atoms with Gasteiger partial charge in [-0.3, -0.25) is 19.8 Å². The van der Waals surface area contributed by atoms with Crippen LogP contribution >= 0.6 is 0 Å². The van der Waals surface area contributed by atoms with Gasteiger partial charge in [-0.15, -0.1) is 0 Å². The van der Waals surface area contributed by atoms with Crippen LogP contribution in [-0.4, -0.2) is 79.2 Å². The molecule has 11 heteroatoms. The Kier molecular flexibility index (Phi) is 9.47. The van der Waals surface area contributed by atoms with Gasteiger partial charge in [-0.25, -0.2) is 0 Å². The Hall–Kier alpha value is -2.24. The highest BCUT2D eigenvalue weighted by Crippen LogP contribution is 2.29. The number of likely N-dealkylation sites (N-methyl/N-ethyl adjacent to an activating group) is 1. The number of hydrogen-bond acceptors (Lipinski definition) is 7. The SMILES string of the molecule is CN[C@H](C(=O)N[C@@H](CO)C(=O)N[C@@H](CCCNC(=N)N)C(=O)[C@@]1(C)CO1)C(C)C. The van der Waals surface area contributed by atoms with Gasteiger partial charge in [-0.05, 0) is 32.7 Å². The summed E-state index contributed by atoms with van der Waals surface area (Å²) in [4.78, 5) is 37.7. The molecule has 1 aliphatic heterocycles. The fourth-order valence-electron chi connectivity index (χ4n) is 2.91. The van der Waals surface area contributed by atoms with Gasteiger partial charge in [-0.2, -0.15) is 0 Å². The Balaban J connectivity index is 2.75. The lowest BCUT2D eigenvalue weighted by Crippen LogP contribution is -2.57. The lowest BCUT2D eigenvalue weighted by Gasteiger charge is -2.25. The fourth-order valence-corrected chi connectivity index (χ4v) is 2.91. The van der Waals surface area contributed by atoms with Gasteiger partial charge in [0.25, 0.3) is 0 Å². The number of amides is 2. The molecule has 0 aromatic heterocycles. The standard InChI is InChI=1S/C18H34N6O5/c1-10(2)13(21-4)16(28)24-12(8-25)15(27)23-11(6-5-7-22-17(19)20)14(26)18(3)9-29-18/h10-13,21,25H,5-9H2,1-4H3,(H,23,27)(H,24,28)(H4,19,20,22)/t11-,12-,13-,18+/m0/s1. The average molecular weight is 415 g/mol. The summed E-state index contributed by atoms with van der Waals surface area (Å²) in [7, 11) is 1.64. The van der Waals surface area contributed by atoms with E-state index in [1.54, 1.807) is 14.0 Å². The number of carbonyl (C=O) groups is 3. The fraction of sp³-hybridized carbons (Fsp3) is 0.778. The second kappa shape index (κ2) is 11.1. The maximum absolute atomic E-state index is 12.7. The Morgan fingerprint density at radius 3 is 2.24 bits per heavy atom. The molecule has 11 nitrogen and oxygen atoms in total. The van der Waals surface area contributed by atoms with Gasteiger partial charge >= 0.3 is 0 Å². The van der Waals surface area contributed by atoms with Crippen LogP contribution in [0.15, 0.2) is 0 Å². The van der Waals surface area contributed by atoms with Crippen molar-refractivity contribution >= 4 is 23.6 Å². The molecule has 0 spiro atoms. The lowest BCUT2D eigenvalue weighted by atomic mass is 9.96. The van der Waals surface area contributed by atoms with Crippen molar-refractivity contribution in [3.05, 3.63) is 0 Å². The van der Waals surface area contributed by atoms with Crippen LogP contribution in [0, 0.1) is 11.3 Å². The number of hydrogen-bond donors (Lipinski definition) is 7. The average Bonchev–Trinajstić information content (AvgIpc) is 3.40. The second-order valence-corrected chi connectivity index (χ2v) is 7.68. The van der Waals surface area contributed by atoms with Crippen LogP contribution in [-0.2, 0) is 19.1 Å². The molecule has 0 aromatic rings. The summed E-state index contributed by atoms with van der Waals surface area (Å²) in [5.41, 5.74) is 4.30. The first kappa shape index (κ1) is 24.8. The summed E-state index contributed by atoms with van der Waals surface area (Å²) in [5.74, 6) is -1.53. The number of aliphatic hydroxyl groups is 1. The summed E-state index contributed by atoms with van der Waals surface area (Å²) in [5, 5.41) is 27.4. The molecule has 0 bridgehead atoms. The molecule has 1 heterocycles. The van der Waals surface area contributed by atoms with E-state index in [4.69, 9.17) is 15.9 Å². The molecule has 1 saturated heterocycles. The Bertz CT molecular complexity index is 608. The predicted molar refractivity (Wildman–Crippen MR) is 107 cm³/mol. The number of ketones is 1. The number of carbonyl (C=O) groups excluding carboxylic acids is 3. The lowest BCUT2D eigenvalue weighted by molar-refractivity contribution is -0.134. The number of aliphatic hydroxyl groups excluding tert-OH is 1. The van der Waals surface area contributed by atoms with Crippen molar-refractivity contribution in [1.29, 1.82) is 5.41 Å². The highest BCUT2D eigenvalue weighted by Gasteiger charge is 2.50. The predicted octanol–water partition coefficient (Wildman–Crippen LogP) is -2.19. The van der Waals surface area contributed by atoms with Crippen LogP contribution in [0.25, 0.3) is 0 Å². The van der Waals surface area contributed by atoms with Gasteiger partial charge in [0.1, 0.15) is 11.6 Å². The number of rotatable bonds is 13. The van der Waals surface area contributed by atoms with Crippen molar-refractivity contribution in [2.24, 2.45) is 11.7 Å². The van der Waals surface area contributed by atoms with Crippen LogP contribution < -0.4 is 27.0 Å². The van der Waals surface area contributed by atoms with Crippen LogP contribution in [0.5, 0.6) is 0 Å². The molecule has 0 saturated carbocycles. The number of nitrogens with one attached hydrogen (secondary N) is 5. The summed E-state index contributed by atoms with van der Waals surface area (Å²) in [6, 6.07) is -2.55. The Morgan fingerprint density at radius 2 is 1.79 bits per heavy atom. The minimum atomic E-state index is -1.18. The minimum absolute atomic E-state index is 0.0162. The zero-order valence-corrected chi connectivity index (χ0v) is 17.5. The molecular formula is C18H34N6O5. The second-order valence-electron chi connectivity index (χ2n) is 7.68. The van der Waals surface area contributed by atoms with Crippen molar-refractivity contribution in [2.45, 2.75) is 57.3 Å². The molecule has 0 radical (unpaired) electrons. The van der Waals surface area contributed by atoms with Gasteiger partial charge in [-0.1, -0.05) is 13.8 Å². The monoisotopic (exact) mass is 414 g/mol. The summed E-state index contributed by atoms with van der Waals surface area (Å²) >= 11 is 0. The summed E-state index contributed by atoms with van der Waals surface area (Å²) in [6.07, 6.45) is 0.763. The first-order valence-corrected chi connectivity index (χ1v) is 9.70. The topological polar surface area (TPSA) is 182 Å². The minimum Gasteiger partial charge on any atom is -0.394 e. The third kappa shape index (κ3) is 7.59. The molecule has 1 fully saturated rings. The molecule has 1 rings (SSSR count). The van der Waals surface area contributed by atoms with E-state index in [9.17, 15) is 19.5 Å². The van der Waals surface area contributed by atoms with E-state index in [1.165, 1.54) is 0 Å². The van der Waals surface area contributed by atoms with Gasteiger partial charge in [0, 0.05) is 6.54 Å². The molecule has 4 atom stereocenters. The largest absolute Gasteiger partial charge is 0.394 e. The van der Waals surface area contributed by atoms with E-state index >= 15 is 0 Å². The molecule has 166 valence electrons. The molecule has 29 heavy (non-hydrogen) atoms. The number of guanidine groups is 1. The third-order valence-corrected chi connectivity index (χ3v) is 4.79. The number of nitrogens with two attached hydrogens (primary N) is 1. The van der Waals surface area contributed by atoms with Gasteiger partial charge in [0.2, 0.25) is 11.8 Å². The van der Waals surface area contributed by atoms with E-state index in [1.807, 2.05) is 13.8 Å². The van der Waals surface area contributed by atoms with Crippen LogP contribution in [0.1, 0.15) is 33.6 Å². The van der Waals surface area contributed by atoms with Gasteiger partial charge in [0.15, 0.2) is 11.7 Å². The van der Waals surface area contributed by atoms with Crippen molar-refractivity contribution in [1.82, 2.24) is 21.3 Å². The Labute approximate surface area is 171 Å². The van der Waals surface area contributed by atoms with E-state index in [2.05, 4.69) is 21.3 Å². The first-order valence-electron chi connectivity index (χ1n) is 9.70.